The summed E-state index contributed by atoms with van der Waals surface area (Å²) in [6, 6.07) is 13.5. The van der Waals surface area contributed by atoms with Crippen LogP contribution in [0.25, 0.3) is 0 Å². The van der Waals surface area contributed by atoms with Gasteiger partial charge in [0.05, 0.1) is 5.60 Å². The number of nitrogens with zero attached hydrogens (tertiary/aromatic N) is 2. The van der Waals surface area contributed by atoms with Crippen molar-refractivity contribution < 1.29 is 5.11 Å². The minimum atomic E-state index is -0.706. The van der Waals surface area contributed by atoms with E-state index in [4.69, 9.17) is 11.6 Å². The first-order valence-electron chi connectivity index (χ1n) is 6.77. The number of anilines is 1. The number of rotatable bonds is 3. The lowest BCUT2D eigenvalue weighted by Crippen LogP contribution is -2.35. The molecule has 2 aromatic rings. The van der Waals surface area contributed by atoms with Gasteiger partial charge in [0, 0.05) is 30.7 Å². The second-order valence-corrected chi connectivity index (χ2v) is 5.83. The molecule has 1 aliphatic heterocycles. The monoisotopic (exact) mass is 288 g/mol. The molecule has 1 N–H and O–H groups in total. The van der Waals surface area contributed by atoms with Gasteiger partial charge in [-0.1, -0.05) is 29.8 Å². The molecule has 0 aliphatic carbocycles. The number of benzene rings is 1. The van der Waals surface area contributed by atoms with Crippen molar-refractivity contribution in [1.29, 1.82) is 0 Å². The first kappa shape index (κ1) is 13.4. The summed E-state index contributed by atoms with van der Waals surface area (Å²) in [5.41, 5.74) is 0.366. The minimum Gasteiger partial charge on any atom is -0.388 e. The molecule has 3 rings (SSSR count). The number of β-amino-alcohol motifs (C(OH)–C–C–N with tert-alkyl or cyclic N) is 1. The fraction of sp³-hybridized carbons (Fsp3) is 0.312. The van der Waals surface area contributed by atoms with Crippen molar-refractivity contribution in [3.63, 3.8) is 0 Å². The predicted molar refractivity (Wildman–Crippen MR) is 81.2 cm³/mol. The molecule has 1 aliphatic rings. The van der Waals surface area contributed by atoms with Crippen LogP contribution in [0.5, 0.6) is 0 Å². The third-order valence-corrected chi connectivity index (χ3v) is 3.96. The molecule has 20 heavy (non-hydrogen) atoms. The quantitative estimate of drug-likeness (QED) is 0.943. The Bertz CT molecular complexity index is 590. The van der Waals surface area contributed by atoms with E-state index in [0.29, 0.717) is 18.0 Å². The molecule has 2 heterocycles. The van der Waals surface area contributed by atoms with Crippen LogP contribution < -0.4 is 4.90 Å². The highest BCUT2D eigenvalue weighted by Crippen LogP contribution is 2.29. The smallest absolute Gasteiger partial charge is 0.128 e. The molecule has 1 saturated heterocycles. The maximum Gasteiger partial charge on any atom is 0.128 e. The van der Waals surface area contributed by atoms with E-state index in [2.05, 4.69) is 9.88 Å². The molecule has 0 spiro atoms. The normalized spacial score (nSPS) is 22.2. The van der Waals surface area contributed by atoms with Crippen LogP contribution in [0.2, 0.25) is 5.02 Å². The van der Waals surface area contributed by atoms with Gasteiger partial charge in [-0.15, -0.1) is 0 Å². The van der Waals surface area contributed by atoms with Crippen molar-refractivity contribution in [1.82, 2.24) is 4.98 Å². The Kier molecular flexibility index (Phi) is 3.64. The number of hydrogen-bond acceptors (Lipinski definition) is 3. The second-order valence-electron chi connectivity index (χ2n) is 5.39. The van der Waals surface area contributed by atoms with Gasteiger partial charge in [-0.05, 0) is 36.2 Å². The molecular weight excluding hydrogens is 272 g/mol. The minimum absolute atomic E-state index is 0.608. The molecule has 4 heteroatoms. The standard InChI is InChI=1S/C16H17ClN2O/c17-14-5-3-4-13(10-14)11-16(20)7-9-19(12-16)15-6-1-2-8-18-15/h1-6,8,10,20H,7,9,11-12H2. The van der Waals surface area contributed by atoms with Crippen molar-refractivity contribution >= 4 is 17.4 Å². The molecule has 3 nitrogen and oxygen atoms in total. The van der Waals surface area contributed by atoms with Gasteiger partial charge >= 0.3 is 0 Å². The molecule has 0 amide bonds. The Morgan fingerprint density at radius 3 is 2.90 bits per heavy atom. The highest BCUT2D eigenvalue weighted by Gasteiger charge is 2.36. The third-order valence-electron chi connectivity index (χ3n) is 3.73. The van der Waals surface area contributed by atoms with Gasteiger partial charge < -0.3 is 10.0 Å². The largest absolute Gasteiger partial charge is 0.388 e. The summed E-state index contributed by atoms with van der Waals surface area (Å²) in [7, 11) is 0. The first-order chi connectivity index (χ1) is 9.65. The van der Waals surface area contributed by atoms with Gasteiger partial charge in [-0.25, -0.2) is 4.98 Å². The molecule has 1 aromatic carbocycles. The van der Waals surface area contributed by atoms with E-state index >= 15 is 0 Å². The van der Waals surface area contributed by atoms with Gasteiger partial charge in [0.2, 0.25) is 0 Å². The van der Waals surface area contributed by atoms with E-state index in [-0.39, 0.29) is 0 Å². The maximum atomic E-state index is 10.8. The zero-order valence-electron chi connectivity index (χ0n) is 11.2. The van der Waals surface area contributed by atoms with Crippen LogP contribution in [0.4, 0.5) is 5.82 Å². The average molecular weight is 289 g/mol. The fourth-order valence-corrected chi connectivity index (χ4v) is 2.98. The third kappa shape index (κ3) is 2.94. The highest BCUT2D eigenvalue weighted by atomic mass is 35.5. The van der Waals surface area contributed by atoms with Crippen LogP contribution in [-0.4, -0.2) is 28.8 Å². The van der Waals surface area contributed by atoms with E-state index in [9.17, 15) is 5.11 Å². The lowest BCUT2D eigenvalue weighted by Gasteiger charge is -2.24. The van der Waals surface area contributed by atoms with Crippen LogP contribution in [0.3, 0.4) is 0 Å². The summed E-state index contributed by atoms with van der Waals surface area (Å²) < 4.78 is 0. The fourth-order valence-electron chi connectivity index (χ4n) is 2.76. The Labute approximate surface area is 123 Å². The SMILES string of the molecule is OC1(Cc2cccc(Cl)c2)CCN(c2ccccn2)C1. The Morgan fingerprint density at radius 1 is 1.25 bits per heavy atom. The van der Waals surface area contributed by atoms with Crippen molar-refractivity contribution in [2.24, 2.45) is 0 Å². The summed E-state index contributed by atoms with van der Waals surface area (Å²) in [5, 5.41) is 11.5. The second kappa shape index (κ2) is 5.43. The summed E-state index contributed by atoms with van der Waals surface area (Å²) in [6.45, 7) is 1.44. The lowest BCUT2D eigenvalue weighted by molar-refractivity contribution is 0.0637. The van der Waals surface area contributed by atoms with E-state index in [0.717, 1.165) is 24.3 Å². The molecule has 0 radical (unpaired) electrons. The molecule has 1 aromatic heterocycles. The van der Waals surface area contributed by atoms with Crippen molar-refractivity contribution in [2.75, 3.05) is 18.0 Å². The van der Waals surface area contributed by atoms with Crippen molar-refractivity contribution in [3.8, 4) is 0 Å². The highest BCUT2D eigenvalue weighted by molar-refractivity contribution is 6.30. The van der Waals surface area contributed by atoms with Crippen LogP contribution in [0.15, 0.2) is 48.7 Å². The summed E-state index contributed by atoms with van der Waals surface area (Å²) >= 11 is 6.00. The van der Waals surface area contributed by atoms with Gasteiger partial charge in [-0.2, -0.15) is 0 Å². The Balaban J connectivity index is 1.72. The molecular formula is C16H17ClN2O. The predicted octanol–water partition coefficient (Wildman–Crippen LogP) is 2.92. The van der Waals surface area contributed by atoms with Crippen LogP contribution in [0.1, 0.15) is 12.0 Å². The molecule has 1 fully saturated rings. The molecule has 1 atom stereocenters. The first-order valence-corrected chi connectivity index (χ1v) is 7.15. The number of pyridine rings is 1. The van der Waals surface area contributed by atoms with Gasteiger partial charge in [-0.3, -0.25) is 0 Å². The van der Waals surface area contributed by atoms with Gasteiger partial charge in [0.15, 0.2) is 0 Å². The van der Waals surface area contributed by atoms with Crippen molar-refractivity contribution in [2.45, 2.75) is 18.4 Å². The topological polar surface area (TPSA) is 36.4 Å². The van der Waals surface area contributed by atoms with E-state index in [1.807, 2.05) is 42.5 Å². The van der Waals surface area contributed by atoms with Crippen LogP contribution >= 0.6 is 11.6 Å². The lowest BCUT2D eigenvalue weighted by atomic mass is 9.94. The Hall–Kier alpha value is -1.58. The van der Waals surface area contributed by atoms with E-state index in [1.165, 1.54) is 0 Å². The number of hydrogen-bond donors (Lipinski definition) is 1. The Morgan fingerprint density at radius 2 is 2.15 bits per heavy atom. The number of aliphatic hydroxyl groups is 1. The zero-order chi connectivity index (χ0) is 14.0. The number of aromatic nitrogens is 1. The molecule has 0 bridgehead atoms. The molecule has 104 valence electrons. The van der Waals surface area contributed by atoms with Crippen LogP contribution in [-0.2, 0) is 6.42 Å². The van der Waals surface area contributed by atoms with Gasteiger partial charge in [0.25, 0.3) is 0 Å². The van der Waals surface area contributed by atoms with E-state index in [1.54, 1.807) is 6.20 Å². The molecule has 1 unspecified atom stereocenters. The summed E-state index contributed by atoms with van der Waals surface area (Å²) in [4.78, 5) is 6.47. The van der Waals surface area contributed by atoms with Gasteiger partial charge in [0.1, 0.15) is 5.82 Å². The maximum absolute atomic E-state index is 10.8. The molecule has 0 saturated carbocycles. The van der Waals surface area contributed by atoms with Crippen LogP contribution in [0, 0.1) is 0 Å². The summed E-state index contributed by atoms with van der Waals surface area (Å²) in [5.74, 6) is 0.925. The summed E-state index contributed by atoms with van der Waals surface area (Å²) in [6.07, 6.45) is 3.15. The van der Waals surface area contributed by atoms with Crippen molar-refractivity contribution in [3.05, 3.63) is 59.2 Å². The number of halogens is 1. The average Bonchev–Trinajstić information content (AvgIpc) is 2.82. The zero-order valence-corrected chi connectivity index (χ0v) is 11.9. The van der Waals surface area contributed by atoms with E-state index < -0.39 is 5.60 Å².